The topological polar surface area (TPSA) is 6.48 Å². The summed E-state index contributed by atoms with van der Waals surface area (Å²) in [5.74, 6) is 0. The lowest BCUT2D eigenvalue weighted by atomic mass is 10.1. The average molecular weight is 365 g/mol. The van der Waals surface area contributed by atoms with Crippen molar-refractivity contribution in [2.24, 2.45) is 0 Å². The highest BCUT2D eigenvalue weighted by Crippen LogP contribution is 2.13. The van der Waals surface area contributed by atoms with Crippen LogP contribution in [0.2, 0.25) is 0 Å². The van der Waals surface area contributed by atoms with Crippen molar-refractivity contribution in [1.82, 2.24) is 9.80 Å². The summed E-state index contributed by atoms with van der Waals surface area (Å²) in [5.41, 5.74) is 0. The third-order valence-corrected chi connectivity index (χ3v) is 5.70. The number of hydrogen-bond donors (Lipinski definition) is 0. The van der Waals surface area contributed by atoms with Crippen LogP contribution >= 0.6 is 0 Å². The van der Waals surface area contributed by atoms with Crippen molar-refractivity contribution < 1.29 is 0 Å². The molecule has 0 radical (unpaired) electrons. The highest BCUT2D eigenvalue weighted by molar-refractivity contribution is 4.90. The van der Waals surface area contributed by atoms with Gasteiger partial charge < -0.3 is 9.80 Å². The highest BCUT2D eigenvalue weighted by Gasteiger charge is 2.10. The first-order valence-corrected chi connectivity index (χ1v) is 12.0. The Bertz CT molecular complexity index is 313. The second kappa shape index (κ2) is 17.7. The minimum absolute atomic E-state index is 1.13. The van der Waals surface area contributed by atoms with E-state index in [0.29, 0.717) is 0 Å². The zero-order valence-corrected chi connectivity index (χ0v) is 18.2. The third kappa shape index (κ3) is 13.5. The summed E-state index contributed by atoms with van der Waals surface area (Å²) in [6.07, 6.45) is 28.8. The van der Waals surface area contributed by atoms with Gasteiger partial charge in [-0.2, -0.15) is 0 Å². The van der Waals surface area contributed by atoms with Gasteiger partial charge in [0.25, 0.3) is 0 Å². The van der Waals surface area contributed by atoms with Crippen LogP contribution in [0.5, 0.6) is 0 Å². The summed E-state index contributed by atoms with van der Waals surface area (Å²) in [6.45, 7) is 8.22. The van der Waals surface area contributed by atoms with E-state index in [0.717, 1.165) is 6.67 Å². The smallest absolute Gasteiger partial charge is 0.0893 e. The van der Waals surface area contributed by atoms with Crippen LogP contribution < -0.4 is 0 Å². The fourth-order valence-corrected chi connectivity index (χ4v) is 3.88. The second-order valence-corrected chi connectivity index (χ2v) is 8.37. The predicted octanol–water partition coefficient (Wildman–Crippen LogP) is 7.70. The molecule has 0 amide bonds. The molecule has 0 aliphatic carbocycles. The molecule has 0 atom stereocenters. The number of nitrogens with zero attached hydrogens (tertiary/aromatic N) is 2. The molecule has 2 nitrogen and oxygen atoms in total. The van der Waals surface area contributed by atoms with E-state index in [2.05, 4.69) is 36.0 Å². The monoisotopic (exact) mass is 364 g/mol. The molecule has 0 aromatic carbocycles. The molecule has 0 N–H and O–H groups in total. The minimum atomic E-state index is 1.13. The van der Waals surface area contributed by atoms with Crippen LogP contribution in [0.3, 0.4) is 0 Å². The Morgan fingerprint density at radius 1 is 0.462 bits per heavy atom. The Kier molecular flexibility index (Phi) is 16.0. The van der Waals surface area contributed by atoms with E-state index in [1.165, 1.54) is 122 Å². The maximum absolute atomic E-state index is 2.51. The zero-order valence-electron chi connectivity index (χ0n) is 18.2. The van der Waals surface area contributed by atoms with Gasteiger partial charge in [0, 0.05) is 25.5 Å². The summed E-state index contributed by atoms with van der Waals surface area (Å²) in [6, 6.07) is 0. The van der Waals surface area contributed by atoms with Gasteiger partial charge in [-0.15, -0.1) is 0 Å². The van der Waals surface area contributed by atoms with E-state index < -0.39 is 0 Å². The normalized spacial score (nSPS) is 13.9. The fourth-order valence-electron chi connectivity index (χ4n) is 3.88. The van der Waals surface area contributed by atoms with Crippen molar-refractivity contribution in [2.45, 2.75) is 123 Å². The zero-order chi connectivity index (χ0) is 18.7. The van der Waals surface area contributed by atoms with Crippen molar-refractivity contribution in [2.75, 3.05) is 19.8 Å². The third-order valence-electron chi connectivity index (χ3n) is 5.70. The number of hydrogen-bond acceptors (Lipinski definition) is 2. The molecule has 0 unspecified atom stereocenters. The summed E-state index contributed by atoms with van der Waals surface area (Å²) < 4.78 is 0. The molecule has 0 spiro atoms. The van der Waals surface area contributed by atoms with Crippen molar-refractivity contribution in [1.29, 1.82) is 0 Å². The van der Waals surface area contributed by atoms with Crippen LogP contribution in [0.4, 0.5) is 0 Å². The van der Waals surface area contributed by atoms with Crippen LogP contribution in [0.1, 0.15) is 123 Å². The summed E-state index contributed by atoms with van der Waals surface area (Å²) >= 11 is 0. The first-order valence-electron chi connectivity index (χ1n) is 12.0. The molecule has 0 fully saturated rings. The summed E-state index contributed by atoms with van der Waals surface area (Å²) in [7, 11) is 0. The standard InChI is InChI=1S/C24H48N2/c1-3-5-7-9-11-13-15-17-19-21-26-23-22-25(24-26)20-18-16-14-12-10-8-6-4-2/h22-23H,3-21,24H2,1-2H3. The van der Waals surface area contributed by atoms with E-state index in [-0.39, 0.29) is 0 Å². The first-order chi connectivity index (χ1) is 12.9. The van der Waals surface area contributed by atoms with E-state index >= 15 is 0 Å². The molecule has 26 heavy (non-hydrogen) atoms. The number of unbranched alkanes of at least 4 members (excludes halogenated alkanes) is 15. The molecular formula is C24H48N2. The van der Waals surface area contributed by atoms with Gasteiger partial charge in [-0.1, -0.05) is 110 Å². The Labute approximate surface area is 165 Å². The van der Waals surface area contributed by atoms with Gasteiger partial charge in [0.1, 0.15) is 0 Å². The molecule has 0 bridgehead atoms. The van der Waals surface area contributed by atoms with Crippen molar-refractivity contribution in [3.05, 3.63) is 12.4 Å². The van der Waals surface area contributed by atoms with Gasteiger partial charge in [0.05, 0.1) is 6.67 Å². The quantitative estimate of drug-likeness (QED) is 0.217. The van der Waals surface area contributed by atoms with Gasteiger partial charge in [-0.05, 0) is 12.8 Å². The van der Waals surface area contributed by atoms with Gasteiger partial charge in [-0.3, -0.25) is 0 Å². The van der Waals surface area contributed by atoms with Gasteiger partial charge in [0.15, 0.2) is 0 Å². The molecule has 1 aliphatic rings. The predicted molar refractivity (Wildman–Crippen MR) is 117 cm³/mol. The minimum Gasteiger partial charge on any atom is -0.359 e. The molecule has 0 aromatic rings. The van der Waals surface area contributed by atoms with Crippen LogP contribution in [0.25, 0.3) is 0 Å². The maximum Gasteiger partial charge on any atom is 0.0893 e. The fraction of sp³-hybridized carbons (Fsp3) is 0.917. The molecule has 0 saturated carbocycles. The van der Waals surface area contributed by atoms with E-state index in [1.807, 2.05) is 0 Å². The molecular weight excluding hydrogens is 316 g/mol. The van der Waals surface area contributed by atoms with Crippen LogP contribution in [-0.2, 0) is 0 Å². The van der Waals surface area contributed by atoms with Crippen LogP contribution in [-0.4, -0.2) is 29.6 Å². The second-order valence-electron chi connectivity index (χ2n) is 8.37. The largest absolute Gasteiger partial charge is 0.359 e. The highest BCUT2D eigenvalue weighted by atomic mass is 15.3. The molecule has 0 saturated heterocycles. The maximum atomic E-state index is 2.51. The summed E-state index contributed by atoms with van der Waals surface area (Å²) in [5, 5.41) is 0. The van der Waals surface area contributed by atoms with E-state index in [1.54, 1.807) is 0 Å². The lowest BCUT2D eigenvalue weighted by molar-refractivity contribution is 0.257. The molecule has 2 heteroatoms. The number of rotatable bonds is 19. The molecule has 1 rings (SSSR count). The Morgan fingerprint density at radius 2 is 0.769 bits per heavy atom. The van der Waals surface area contributed by atoms with E-state index in [9.17, 15) is 0 Å². The van der Waals surface area contributed by atoms with Gasteiger partial charge in [0.2, 0.25) is 0 Å². The summed E-state index contributed by atoms with van der Waals surface area (Å²) in [4.78, 5) is 5.01. The Balaban J connectivity index is 1.83. The lowest BCUT2D eigenvalue weighted by Crippen LogP contribution is -2.26. The van der Waals surface area contributed by atoms with Crippen LogP contribution in [0.15, 0.2) is 12.4 Å². The molecule has 1 heterocycles. The van der Waals surface area contributed by atoms with Gasteiger partial charge in [-0.25, -0.2) is 0 Å². The molecule has 154 valence electrons. The van der Waals surface area contributed by atoms with Crippen molar-refractivity contribution in [3.8, 4) is 0 Å². The molecule has 0 aromatic heterocycles. The SMILES string of the molecule is CCCCCCCCCCCN1C=CN(CCCCCCCCCC)C1. The first kappa shape index (κ1) is 23.4. The van der Waals surface area contributed by atoms with Crippen molar-refractivity contribution in [3.63, 3.8) is 0 Å². The Hall–Kier alpha value is -0.660. The average Bonchev–Trinajstić information content (AvgIpc) is 3.10. The molecule has 1 aliphatic heterocycles. The lowest BCUT2D eigenvalue weighted by Gasteiger charge is -2.21. The van der Waals surface area contributed by atoms with E-state index in [4.69, 9.17) is 0 Å². The van der Waals surface area contributed by atoms with Crippen LogP contribution in [0, 0.1) is 0 Å². The Morgan fingerprint density at radius 3 is 1.12 bits per heavy atom. The van der Waals surface area contributed by atoms with Crippen molar-refractivity contribution >= 4 is 0 Å². The van der Waals surface area contributed by atoms with Gasteiger partial charge >= 0.3 is 0 Å².